The number of likely N-dealkylation sites (tertiary alicyclic amines) is 1. The molecule has 0 atom stereocenters. The van der Waals surface area contributed by atoms with E-state index in [9.17, 15) is 5.11 Å². The highest BCUT2D eigenvalue weighted by Gasteiger charge is 2.23. The van der Waals surface area contributed by atoms with Crippen LogP contribution in [0.4, 0.5) is 0 Å². The highest BCUT2D eigenvalue weighted by molar-refractivity contribution is 5.88. The predicted molar refractivity (Wildman–Crippen MR) is 479 cm³/mol. The summed E-state index contributed by atoms with van der Waals surface area (Å²) in [6.45, 7) is 41.6. The number of H-pyrrole nitrogens is 2. The minimum atomic E-state index is -0.0951. The van der Waals surface area contributed by atoms with Gasteiger partial charge in [-0.25, -0.2) is 0 Å². The Morgan fingerprint density at radius 1 is 0.387 bits per heavy atom. The number of aliphatic hydroxyl groups excluding tert-OH is 1. The third kappa shape index (κ3) is 24.2. The van der Waals surface area contributed by atoms with Crippen molar-refractivity contribution in [3.05, 3.63) is 181 Å². The lowest BCUT2D eigenvalue weighted by atomic mass is 10.1. The van der Waals surface area contributed by atoms with Gasteiger partial charge in [0.05, 0.1) is 65.2 Å². The molecular formula is C94H115N17O13. The van der Waals surface area contributed by atoms with E-state index in [0.29, 0.717) is 163 Å². The van der Waals surface area contributed by atoms with Gasteiger partial charge in [-0.15, -0.1) is 0 Å². The van der Waals surface area contributed by atoms with Crippen LogP contribution in [0.25, 0.3) is 113 Å². The third-order valence-electron chi connectivity index (χ3n) is 20.4. The van der Waals surface area contributed by atoms with Crippen LogP contribution < -0.4 is 48.5 Å². The minimum Gasteiger partial charge on any atom is -0.490 e. The second-order valence-electron chi connectivity index (χ2n) is 28.6. The number of hydrogen-bond acceptors (Lipinski definition) is 28. The van der Waals surface area contributed by atoms with Gasteiger partial charge in [0, 0.05) is 143 Å². The first-order valence-corrected chi connectivity index (χ1v) is 43.1. The zero-order valence-electron chi connectivity index (χ0n) is 73.1. The average Bonchev–Trinajstić information content (AvgIpc) is 1.68. The molecule has 0 saturated carbocycles. The molecule has 5 N–H and O–H groups in total. The summed E-state index contributed by atoms with van der Waals surface area (Å²) in [5, 5.41) is 35.2. The number of benzene rings is 6. The Labute approximate surface area is 723 Å². The molecule has 0 radical (unpaired) electrons. The van der Waals surface area contributed by atoms with E-state index in [0.717, 1.165) is 127 Å². The molecule has 654 valence electrons. The summed E-state index contributed by atoms with van der Waals surface area (Å²) >= 11 is 0. The molecular weight excluding hydrogens is 1580 g/mol. The lowest BCUT2D eigenvalue weighted by Gasteiger charge is -2.17. The number of rotatable bonds is 41. The number of aromatic amines is 2. The van der Waals surface area contributed by atoms with Crippen LogP contribution in [0.15, 0.2) is 176 Å². The van der Waals surface area contributed by atoms with Crippen LogP contribution in [0.3, 0.4) is 0 Å². The fourth-order valence-electron chi connectivity index (χ4n) is 14.1. The number of hydrogen-bond donors (Lipinski definition) is 5. The number of pyridine rings is 2. The molecule has 124 heavy (non-hydrogen) atoms. The third-order valence-corrected chi connectivity index (χ3v) is 20.4. The predicted octanol–water partition coefficient (Wildman–Crippen LogP) is 17.5. The van der Waals surface area contributed by atoms with Crippen LogP contribution in [0, 0.1) is 0 Å². The SMILES string of the molecule is CCOc1ccc(-c2nc(-c3ccc4[nH]cc(CN5CCCC5)c4c3)no2)cc1OCC.CCOc1ccc(-c2nc(-c3ccc4[nH]cc(CNCCN(CC)CC)c4c3)no2)cc1OCC.CCOc1ccc(-c2nc(-c3ccnc(CNCCN(CC)CC)c3)no2)cc1OCC.CCOc1ccc(-c2nc(-c3cncc(CO)c3)no2)cc1OCC. The minimum absolute atomic E-state index is 0.0951. The Hall–Kier alpha value is -12.6. The van der Waals surface area contributed by atoms with Crippen LogP contribution in [-0.4, -0.2) is 199 Å². The maximum Gasteiger partial charge on any atom is 0.258 e. The molecule has 1 aliphatic rings. The number of aromatic nitrogens is 12. The number of ether oxygens (including phenoxy) is 8. The average molecular weight is 1690 g/mol. The fourth-order valence-corrected chi connectivity index (χ4v) is 14.1. The summed E-state index contributed by atoms with van der Waals surface area (Å²) in [7, 11) is 0. The van der Waals surface area contributed by atoms with E-state index >= 15 is 0 Å². The molecule has 0 bridgehead atoms. The molecule has 30 heteroatoms. The fraction of sp³-hybridized carbons (Fsp3) is 0.383. The Balaban J connectivity index is 0.000000152. The largest absolute Gasteiger partial charge is 0.490 e. The Kier molecular flexibility index (Phi) is 34.1. The summed E-state index contributed by atoms with van der Waals surface area (Å²) in [6, 6.07) is 40.5. The second kappa shape index (κ2) is 46.6. The van der Waals surface area contributed by atoms with Crippen molar-refractivity contribution in [1.82, 2.24) is 85.8 Å². The summed E-state index contributed by atoms with van der Waals surface area (Å²) in [5.41, 5.74) is 12.9. The van der Waals surface area contributed by atoms with Crippen LogP contribution in [0.1, 0.15) is 118 Å². The molecule has 8 aromatic heterocycles. The molecule has 0 amide bonds. The zero-order chi connectivity index (χ0) is 86.9. The molecule has 6 aromatic carbocycles. The molecule has 9 heterocycles. The first kappa shape index (κ1) is 90.6. The maximum absolute atomic E-state index is 9.21. The van der Waals surface area contributed by atoms with Crippen molar-refractivity contribution in [2.75, 3.05) is 118 Å². The number of nitrogens with zero attached hydrogens (tertiary/aromatic N) is 13. The number of fused-ring (bicyclic) bond motifs is 2. The Morgan fingerprint density at radius 3 is 1.15 bits per heavy atom. The van der Waals surface area contributed by atoms with E-state index in [-0.39, 0.29) is 6.61 Å². The molecule has 15 rings (SSSR count). The van der Waals surface area contributed by atoms with Gasteiger partial charge in [-0.3, -0.25) is 14.9 Å². The standard InChI is InChI=1S/C27H35N5O3.C25H28N4O3.C24H33N5O3.C18H19N3O4/c1-5-32(6-2)14-13-28-17-21-18-29-23-11-9-19(15-22(21)23)26-30-27(35-31-26)20-10-12-24(33-7-3)25(16-20)34-8-4;1-3-30-22-10-8-18(14-23(22)31-4-2)25-27-24(28-32-25)17-7-9-21-20(13-17)19(15-26-21)16-29-11-5-6-12-29;1-5-29(6-2)14-13-25-17-20-15-18(11-12-26-20)23-27-24(32-28-23)19-9-10-21(30-7-3)22(16-19)31-8-4;1-3-23-15-6-5-13(8-16(15)24-4-2)18-20-17(21-25-18)14-7-12(11-22)9-19-10-14/h9-12,15-16,18,28-29H,5-8,13-14,17H2,1-4H3;7-10,13-15,26H,3-6,11-12,16H2,1-2H3;9-12,15-16,25H,5-8,13-14,17H2,1-4H3;5-10,22H,3-4,11H2,1-2H3. The van der Waals surface area contributed by atoms with Crippen LogP contribution in [0.5, 0.6) is 46.0 Å². The number of nitrogens with one attached hydrogen (secondary N) is 4. The van der Waals surface area contributed by atoms with E-state index in [1.807, 2.05) is 152 Å². The van der Waals surface area contributed by atoms with Gasteiger partial charge in [0.25, 0.3) is 23.6 Å². The van der Waals surface area contributed by atoms with Gasteiger partial charge in [0.15, 0.2) is 46.0 Å². The van der Waals surface area contributed by atoms with Crippen molar-refractivity contribution in [1.29, 1.82) is 0 Å². The van der Waals surface area contributed by atoms with E-state index in [2.05, 4.69) is 150 Å². The molecule has 1 saturated heterocycles. The highest BCUT2D eigenvalue weighted by atomic mass is 16.5. The van der Waals surface area contributed by atoms with Crippen molar-refractivity contribution in [3.8, 4) is 137 Å². The lowest BCUT2D eigenvalue weighted by molar-refractivity contribution is 0.281. The monoisotopic (exact) mass is 1690 g/mol. The first-order valence-electron chi connectivity index (χ1n) is 43.1. The smallest absolute Gasteiger partial charge is 0.258 e. The molecule has 0 aliphatic carbocycles. The molecule has 1 fully saturated rings. The molecule has 30 nitrogen and oxygen atoms in total. The zero-order valence-corrected chi connectivity index (χ0v) is 73.1. The topological polar surface area (TPSA) is 341 Å². The van der Waals surface area contributed by atoms with Gasteiger partial charge < -0.3 is 91.5 Å². The van der Waals surface area contributed by atoms with Crippen molar-refractivity contribution >= 4 is 21.8 Å². The lowest BCUT2D eigenvalue weighted by Crippen LogP contribution is -2.31. The number of aliphatic hydroxyl groups is 1. The van der Waals surface area contributed by atoms with Crippen LogP contribution >= 0.6 is 0 Å². The summed E-state index contributed by atoms with van der Waals surface area (Å²) in [6.07, 6.45) is 11.7. The van der Waals surface area contributed by atoms with E-state index in [1.54, 1.807) is 24.7 Å². The van der Waals surface area contributed by atoms with Crippen LogP contribution in [-0.2, 0) is 26.2 Å². The maximum atomic E-state index is 9.21. The van der Waals surface area contributed by atoms with E-state index in [1.165, 1.54) is 42.4 Å². The molecule has 1 aliphatic heterocycles. The van der Waals surface area contributed by atoms with Gasteiger partial charge in [0.1, 0.15) is 0 Å². The van der Waals surface area contributed by atoms with Crippen molar-refractivity contribution in [2.45, 2.75) is 122 Å². The normalized spacial score (nSPS) is 12.0. The second-order valence-corrected chi connectivity index (χ2v) is 28.6. The van der Waals surface area contributed by atoms with Gasteiger partial charge in [-0.1, -0.05) is 48.3 Å². The van der Waals surface area contributed by atoms with Gasteiger partial charge >= 0.3 is 0 Å². The van der Waals surface area contributed by atoms with Crippen molar-refractivity contribution in [3.63, 3.8) is 0 Å². The van der Waals surface area contributed by atoms with Crippen molar-refractivity contribution in [2.24, 2.45) is 0 Å². The van der Waals surface area contributed by atoms with E-state index in [4.69, 9.17) is 56.0 Å². The summed E-state index contributed by atoms with van der Waals surface area (Å²) < 4.78 is 67.4. The molecule has 0 spiro atoms. The van der Waals surface area contributed by atoms with Crippen LogP contribution in [0.2, 0.25) is 0 Å². The van der Waals surface area contributed by atoms with E-state index < -0.39 is 0 Å². The highest BCUT2D eigenvalue weighted by Crippen LogP contribution is 2.39. The molecule has 0 unspecified atom stereocenters. The summed E-state index contributed by atoms with van der Waals surface area (Å²) in [4.78, 5) is 40.9. The first-order chi connectivity index (χ1) is 60.8. The van der Waals surface area contributed by atoms with Gasteiger partial charge in [-0.2, -0.15) is 19.9 Å². The summed E-state index contributed by atoms with van der Waals surface area (Å²) in [5.74, 6) is 9.17. The Morgan fingerprint density at radius 2 is 0.750 bits per heavy atom. The van der Waals surface area contributed by atoms with Crippen molar-refractivity contribution < 1.29 is 61.1 Å². The molecule has 14 aromatic rings. The quantitative estimate of drug-likeness (QED) is 0.0222. The van der Waals surface area contributed by atoms with Gasteiger partial charge in [0.2, 0.25) is 23.3 Å². The van der Waals surface area contributed by atoms with Gasteiger partial charge in [-0.05, 0) is 252 Å². The Bertz CT molecular complexity index is 5610. The number of likely N-dealkylation sites (N-methyl/N-ethyl adjacent to an activating group) is 2.